The molecule has 1 saturated heterocycles. The van der Waals surface area contributed by atoms with Gasteiger partial charge >= 0.3 is 5.97 Å². The Bertz CT molecular complexity index is 948. The zero-order chi connectivity index (χ0) is 19.6. The number of anilines is 1. The number of sulfonamides is 1. The van der Waals surface area contributed by atoms with Gasteiger partial charge in [0.1, 0.15) is 5.75 Å². The van der Waals surface area contributed by atoms with Crippen molar-refractivity contribution in [3.05, 3.63) is 53.6 Å². The Morgan fingerprint density at radius 3 is 2.41 bits per heavy atom. The maximum atomic E-state index is 12.9. The highest BCUT2D eigenvalue weighted by atomic mass is 32.2. The number of rotatable bonds is 5. The van der Waals surface area contributed by atoms with Crippen molar-refractivity contribution in [2.75, 3.05) is 32.1 Å². The first-order chi connectivity index (χ1) is 12.8. The van der Waals surface area contributed by atoms with Gasteiger partial charge in [-0.3, -0.25) is 0 Å². The van der Waals surface area contributed by atoms with Crippen molar-refractivity contribution >= 4 is 21.7 Å². The summed E-state index contributed by atoms with van der Waals surface area (Å²) < 4.78 is 31.7. The fraction of sp³-hybridized carbons (Fsp3) is 0.350. The number of nitrogens with zero attached hydrogens (tertiary/aromatic N) is 2. The minimum absolute atomic E-state index is 0.0756. The molecule has 0 radical (unpaired) electrons. The van der Waals surface area contributed by atoms with Gasteiger partial charge in [-0.1, -0.05) is 12.1 Å². The predicted molar refractivity (Wildman–Crippen MR) is 105 cm³/mol. The Hall–Kier alpha value is -2.38. The number of aryl methyl sites for hydroxylation is 1. The quantitative estimate of drug-likeness (QED) is 0.582. The molecule has 1 aliphatic rings. The summed E-state index contributed by atoms with van der Waals surface area (Å²) >= 11 is 0. The van der Waals surface area contributed by atoms with Crippen LogP contribution in [-0.2, 0) is 10.0 Å². The molecule has 0 unspecified atom stereocenters. The zero-order valence-corrected chi connectivity index (χ0v) is 16.6. The molecule has 7 heteroatoms. The summed E-state index contributed by atoms with van der Waals surface area (Å²) in [5.41, 5.74) is 1.95. The largest absolute Gasteiger partial charge is 0.423 e. The molecule has 0 aromatic heterocycles. The van der Waals surface area contributed by atoms with Crippen LogP contribution in [0, 0.1) is 6.92 Å². The van der Waals surface area contributed by atoms with Crippen molar-refractivity contribution in [3.63, 3.8) is 0 Å². The average molecular weight is 388 g/mol. The fourth-order valence-corrected chi connectivity index (χ4v) is 4.05. The van der Waals surface area contributed by atoms with E-state index in [9.17, 15) is 13.2 Å². The number of hydrogen-bond donors (Lipinski definition) is 0. The lowest BCUT2D eigenvalue weighted by molar-refractivity contribution is 0.0735. The van der Waals surface area contributed by atoms with Gasteiger partial charge in [-0.15, -0.1) is 0 Å². The van der Waals surface area contributed by atoms with Gasteiger partial charge in [0, 0.05) is 27.2 Å². The molecular weight excluding hydrogens is 364 g/mol. The van der Waals surface area contributed by atoms with E-state index < -0.39 is 16.0 Å². The topological polar surface area (TPSA) is 66.9 Å². The minimum atomic E-state index is -3.65. The second-order valence-corrected chi connectivity index (χ2v) is 9.02. The van der Waals surface area contributed by atoms with Crippen molar-refractivity contribution in [1.82, 2.24) is 4.31 Å². The number of carbonyl (C=O) groups is 1. The number of carbonyl (C=O) groups excluding carboxylic acids is 1. The SMILES string of the molecule is Cc1cccc(OC(=O)c2cc(S(=O)(=O)N(C)C)ccc2N2CCCC2)c1. The van der Waals surface area contributed by atoms with Gasteiger partial charge < -0.3 is 9.64 Å². The van der Waals surface area contributed by atoms with Crippen molar-refractivity contribution < 1.29 is 17.9 Å². The Morgan fingerprint density at radius 1 is 1.07 bits per heavy atom. The van der Waals surface area contributed by atoms with Crippen molar-refractivity contribution in [3.8, 4) is 5.75 Å². The van der Waals surface area contributed by atoms with Crippen LogP contribution in [-0.4, -0.2) is 45.9 Å². The predicted octanol–water partition coefficient (Wildman–Crippen LogP) is 3.06. The number of ether oxygens (including phenoxy) is 1. The number of esters is 1. The Kier molecular flexibility index (Phi) is 5.53. The van der Waals surface area contributed by atoms with Gasteiger partial charge in [0.05, 0.1) is 16.1 Å². The summed E-state index contributed by atoms with van der Waals surface area (Å²) in [5.74, 6) is -0.119. The molecule has 144 valence electrons. The van der Waals surface area contributed by atoms with E-state index in [1.165, 1.54) is 20.2 Å². The standard InChI is InChI=1S/C20H24N2O4S/c1-15-7-6-8-16(13-15)26-20(23)18-14-17(27(24,25)21(2)3)9-10-19(18)22-11-4-5-12-22/h6-10,13-14H,4-5,11-12H2,1-3H3. The second-order valence-electron chi connectivity index (χ2n) is 6.87. The fourth-order valence-electron chi connectivity index (χ4n) is 3.12. The number of benzene rings is 2. The third-order valence-corrected chi connectivity index (χ3v) is 6.42. The minimum Gasteiger partial charge on any atom is -0.423 e. The van der Waals surface area contributed by atoms with Crippen LogP contribution in [0.25, 0.3) is 0 Å². The van der Waals surface area contributed by atoms with Crippen LogP contribution in [0.3, 0.4) is 0 Å². The molecule has 0 bridgehead atoms. The summed E-state index contributed by atoms with van der Waals surface area (Å²) in [6, 6.07) is 11.9. The van der Waals surface area contributed by atoms with Crippen LogP contribution in [0.5, 0.6) is 5.75 Å². The third-order valence-electron chi connectivity index (χ3n) is 4.61. The molecule has 0 spiro atoms. The molecular formula is C20H24N2O4S. The zero-order valence-electron chi connectivity index (χ0n) is 15.8. The monoisotopic (exact) mass is 388 g/mol. The van der Waals surface area contributed by atoms with Crippen molar-refractivity contribution in [1.29, 1.82) is 0 Å². The van der Waals surface area contributed by atoms with Crippen LogP contribution in [0.1, 0.15) is 28.8 Å². The lowest BCUT2D eigenvalue weighted by Gasteiger charge is -2.22. The lowest BCUT2D eigenvalue weighted by Crippen LogP contribution is -2.25. The van der Waals surface area contributed by atoms with E-state index >= 15 is 0 Å². The van der Waals surface area contributed by atoms with E-state index in [0.29, 0.717) is 11.4 Å². The van der Waals surface area contributed by atoms with Crippen LogP contribution in [0.4, 0.5) is 5.69 Å². The summed E-state index contributed by atoms with van der Waals surface area (Å²) in [4.78, 5) is 15.1. The molecule has 0 atom stereocenters. The Labute approximate surface area is 160 Å². The van der Waals surface area contributed by atoms with E-state index in [2.05, 4.69) is 4.90 Å². The molecule has 0 N–H and O–H groups in total. The molecule has 2 aromatic rings. The van der Waals surface area contributed by atoms with E-state index in [0.717, 1.165) is 35.8 Å². The summed E-state index contributed by atoms with van der Waals surface area (Å²) in [6.45, 7) is 3.59. The highest BCUT2D eigenvalue weighted by molar-refractivity contribution is 7.89. The average Bonchev–Trinajstić information content (AvgIpc) is 3.15. The first kappa shape index (κ1) is 19.4. The molecule has 6 nitrogen and oxygen atoms in total. The maximum absolute atomic E-state index is 12.9. The van der Waals surface area contributed by atoms with Crippen LogP contribution in [0.15, 0.2) is 47.4 Å². The maximum Gasteiger partial charge on any atom is 0.345 e. The number of hydrogen-bond acceptors (Lipinski definition) is 5. The van der Waals surface area contributed by atoms with Crippen LogP contribution < -0.4 is 9.64 Å². The first-order valence-corrected chi connectivity index (χ1v) is 10.3. The molecule has 0 saturated carbocycles. The van der Waals surface area contributed by atoms with Gasteiger partial charge in [-0.2, -0.15) is 0 Å². The Morgan fingerprint density at radius 2 is 1.78 bits per heavy atom. The molecule has 27 heavy (non-hydrogen) atoms. The highest BCUT2D eigenvalue weighted by Crippen LogP contribution is 2.29. The van der Waals surface area contributed by atoms with E-state index in [1.807, 2.05) is 19.1 Å². The van der Waals surface area contributed by atoms with Crippen molar-refractivity contribution in [2.45, 2.75) is 24.7 Å². The molecule has 0 amide bonds. The molecule has 0 aliphatic carbocycles. The molecule has 2 aromatic carbocycles. The van der Waals surface area contributed by atoms with Gasteiger partial charge in [0.15, 0.2) is 0 Å². The van der Waals surface area contributed by atoms with Gasteiger partial charge in [-0.05, 0) is 55.7 Å². The van der Waals surface area contributed by atoms with Crippen molar-refractivity contribution in [2.24, 2.45) is 0 Å². The van der Waals surface area contributed by atoms with Gasteiger partial charge in [0.25, 0.3) is 0 Å². The lowest BCUT2D eigenvalue weighted by atomic mass is 10.1. The first-order valence-electron chi connectivity index (χ1n) is 8.89. The molecule has 3 rings (SSSR count). The van der Waals surface area contributed by atoms with E-state index in [1.54, 1.807) is 24.3 Å². The summed E-state index contributed by atoms with van der Waals surface area (Å²) in [5, 5.41) is 0. The summed E-state index contributed by atoms with van der Waals surface area (Å²) in [7, 11) is -0.712. The normalized spacial score (nSPS) is 14.6. The Balaban J connectivity index is 2.02. The third kappa shape index (κ3) is 4.14. The smallest absolute Gasteiger partial charge is 0.345 e. The van der Waals surface area contributed by atoms with Crippen LogP contribution >= 0.6 is 0 Å². The van der Waals surface area contributed by atoms with Crippen LogP contribution in [0.2, 0.25) is 0 Å². The molecule has 1 aliphatic heterocycles. The highest BCUT2D eigenvalue weighted by Gasteiger charge is 2.25. The molecule has 1 heterocycles. The van der Waals surface area contributed by atoms with Gasteiger partial charge in [0.2, 0.25) is 10.0 Å². The van der Waals surface area contributed by atoms with E-state index in [4.69, 9.17) is 4.74 Å². The van der Waals surface area contributed by atoms with Gasteiger partial charge in [-0.25, -0.2) is 17.5 Å². The molecule has 1 fully saturated rings. The second kappa shape index (κ2) is 7.70. The van der Waals surface area contributed by atoms with E-state index in [-0.39, 0.29) is 10.5 Å². The summed E-state index contributed by atoms with van der Waals surface area (Å²) in [6.07, 6.45) is 2.09.